The Morgan fingerprint density at radius 1 is 0.519 bits per heavy atom. The van der Waals surface area contributed by atoms with E-state index in [-0.39, 0.29) is 56.4 Å². The van der Waals surface area contributed by atoms with Crippen molar-refractivity contribution in [3.8, 4) is 0 Å². The molecule has 0 saturated carbocycles. The van der Waals surface area contributed by atoms with Gasteiger partial charge in [0.2, 0.25) is 59.1 Å². The van der Waals surface area contributed by atoms with E-state index in [9.17, 15) is 82.8 Å². The third-order valence-corrected chi connectivity index (χ3v) is 11.3. The topological polar surface area (TPSA) is 502 Å². The summed E-state index contributed by atoms with van der Waals surface area (Å²) >= 11 is 0. The molecular weight excluding hydrogens is 1040 g/mol. The normalized spacial score (nSPS) is 14.3. The third-order valence-electron chi connectivity index (χ3n) is 11.3. The molecule has 0 radical (unpaired) electrons. The minimum Gasteiger partial charge on any atom is -0.481 e. The number of nitrogens with one attached hydrogen (secondary N) is 9. The summed E-state index contributed by atoms with van der Waals surface area (Å²) in [7, 11) is 0. The number of guanidine groups is 1. The first kappa shape index (κ1) is 68.6. The minimum absolute atomic E-state index is 0.00248. The molecule has 1 rings (SSSR count). The summed E-state index contributed by atoms with van der Waals surface area (Å²) in [6, 6.07) is -4.13. The van der Waals surface area contributed by atoms with E-state index in [1.807, 2.05) is 13.8 Å². The molecule has 0 bridgehead atoms. The van der Waals surface area contributed by atoms with E-state index in [0.717, 1.165) is 13.8 Å². The van der Waals surface area contributed by atoms with Gasteiger partial charge in [-0.1, -0.05) is 58.0 Å². The number of benzene rings is 1. The van der Waals surface area contributed by atoms with Gasteiger partial charge in [-0.25, -0.2) is 0 Å². The number of hydrogen-bond donors (Lipinski definition) is 16. The molecule has 0 spiro atoms. The van der Waals surface area contributed by atoms with Crippen LogP contribution in [0.2, 0.25) is 0 Å². The third kappa shape index (κ3) is 28.5. The highest BCUT2D eigenvalue weighted by atomic mass is 16.4. The van der Waals surface area contributed by atoms with E-state index in [0.29, 0.717) is 5.56 Å². The Bertz CT molecular complexity index is 2330. The first-order chi connectivity index (χ1) is 36.9. The molecule has 440 valence electrons. The Balaban J connectivity index is 3.42. The lowest BCUT2D eigenvalue weighted by Crippen LogP contribution is -2.61. The smallest absolute Gasteiger partial charge is 0.305 e. The average Bonchev–Trinajstić information content (AvgIpc) is 3.34. The van der Waals surface area contributed by atoms with Crippen LogP contribution in [0.25, 0.3) is 0 Å². The van der Waals surface area contributed by atoms with Gasteiger partial charge in [-0.15, -0.1) is 0 Å². The fraction of sp³-hybridized carbons (Fsp3) is 0.592. The number of nitrogens with zero attached hydrogens (tertiary/aromatic N) is 1. The summed E-state index contributed by atoms with van der Waals surface area (Å²) in [4.78, 5) is 172. The van der Waals surface area contributed by atoms with Crippen LogP contribution in [-0.2, 0) is 68.7 Å². The Morgan fingerprint density at radius 2 is 0.962 bits per heavy atom. The van der Waals surface area contributed by atoms with Crippen LogP contribution in [0, 0.1) is 11.8 Å². The van der Waals surface area contributed by atoms with Gasteiger partial charge in [0.1, 0.15) is 48.3 Å². The van der Waals surface area contributed by atoms with Crippen LogP contribution in [0.1, 0.15) is 105 Å². The van der Waals surface area contributed by atoms with Crippen molar-refractivity contribution in [2.24, 2.45) is 34.0 Å². The molecular formula is C49H77N13O17. The molecule has 1 aromatic carbocycles. The summed E-state index contributed by atoms with van der Waals surface area (Å²) in [5.74, 6) is -15.2. The van der Waals surface area contributed by atoms with Crippen molar-refractivity contribution in [2.45, 2.75) is 160 Å². The lowest BCUT2D eigenvalue weighted by molar-refractivity contribution is -0.142. The van der Waals surface area contributed by atoms with Gasteiger partial charge >= 0.3 is 17.9 Å². The number of nitrogens with two attached hydrogens (primary N) is 3. The van der Waals surface area contributed by atoms with Crippen molar-refractivity contribution >= 4 is 82.9 Å². The van der Waals surface area contributed by atoms with Crippen LogP contribution in [0.3, 0.4) is 0 Å². The molecule has 0 aromatic heterocycles. The number of aliphatic imine (C=N–C) groups is 1. The predicted molar refractivity (Wildman–Crippen MR) is 280 cm³/mol. The molecule has 1 aromatic rings. The first-order valence-corrected chi connectivity index (χ1v) is 25.3. The predicted octanol–water partition coefficient (Wildman–Crippen LogP) is -4.54. The number of aliphatic carboxylic acids is 3. The van der Waals surface area contributed by atoms with E-state index in [1.165, 1.54) is 0 Å². The number of hydrogen-bond acceptors (Lipinski definition) is 15. The van der Waals surface area contributed by atoms with Crippen molar-refractivity contribution in [1.29, 1.82) is 0 Å². The van der Waals surface area contributed by atoms with E-state index in [2.05, 4.69) is 52.8 Å². The Kier molecular flexibility index (Phi) is 30.4. The monoisotopic (exact) mass is 1120 g/mol. The van der Waals surface area contributed by atoms with Crippen LogP contribution in [-0.4, -0.2) is 171 Å². The largest absolute Gasteiger partial charge is 0.481 e. The molecule has 9 atom stereocenters. The van der Waals surface area contributed by atoms with Crippen LogP contribution in [0.15, 0.2) is 35.3 Å². The number of carbonyl (C=O) groups is 13. The second kappa shape index (κ2) is 35.1. The van der Waals surface area contributed by atoms with E-state index >= 15 is 0 Å². The minimum atomic E-state index is -1.93. The standard InChI is InChI=1S/C49H77N13O17/c1-24(2)19-32(41(50)72)59-46(77)34(21-28-11-8-7-9-12-28)60-42(73)29(13-10-18-53-49(51)52)56-36(65)23-54-48(79)40(26(5)63)62-44(75)31(15-17-38(68)69)57-43(74)30(14-16-37(66)67)58-47(78)35(22-39(70)71)61-45(76)33(20-25(3)4)55-27(6)64/h7-9,11-12,24-26,29-35,40,63H,10,13-23H2,1-6H3,(H2,50,72)(H,54,79)(H,55,64)(H,56,65)(H,57,74)(H,58,78)(H,59,77)(H,60,73)(H,61,76)(H,62,75)(H,66,67)(H,68,69)(H,70,71)(H4,51,52,53)/t26-,29+,30+,31+,32+,33+,34+,35+,40+/m1/s1. The zero-order valence-electron chi connectivity index (χ0n) is 45.0. The van der Waals surface area contributed by atoms with Gasteiger partial charge in [0.15, 0.2) is 5.96 Å². The Labute approximate surface area is 455 Å². The lowest BCUT2D eigenvalue weighted by Gasteiger charge is -2.27. The number of carboxylic acids is 3. The molecule has 0 fully saturated rings. The lowest BCUT2D eigenvalue weighted by atomic mass is 10.0. The van der Waals surface area contributed by atoms with Crippen LogP contribution < -0.4 is 65.1 Å². The summed E-state index contributed by atoms with van der Waals surface area (Å²) < 4.78 is 0. The molecule has 30 nitrogen and oxygen atoms in total. The molecule has 30 heteroatoms. The molecule has 19 N–H and O–H groups in total. The van der Waals surface area contributed by atoms with Gasteiger partial charge < -0.3 is 85.5 Å². The van der Waals surface area contributed by atoms with E-state index < -0.39 is 170 Å². The van der Waals surface area contributed by atoms with Crippen molar-refractivity contribution in [3.05, 3.63) is 35.9 Å². The fourth-order valence-corrected chi connectivity index (χ4v) is 7.50. The first-order valence-electron chi connectivity index (χ1n) is 25.3. The quantitative estimate of drug-likeness (QED) is 0.0169. The number of rotatable bonds is 37. The molecule has 0 saturated heterocycles. The van der Waals surface area contributed by atoms with Gasteiger partial charge in [-0.3, -0.25) is 67.3 Å². The molecule has 0 aliphatic rings. The van der Waals surface area contributed by atoms with Crippen LogP contribution in [0.5, 0.6) is 0 Å². The SMILES string of the molecule is CC(=O)N[C@@H](CC(C)C)C(=O)N[C@@H](CC(=O)O)C(=O)N[C@@H](CCC(=O)O)C(=O)N[C@@H](CCC(=O)O)C(=O)N[C@H](C(=O)NCC(=O)N[C@@H](CCCN=C(N)N)C(=O)N[C@@H](Cc1ccccc1)C(=O)N[C@@H](CC(C)C)C(N)=O)[C@@H](C)O. The number of carboxylic acid groups (broad SMARTS) is 3. The number of aliphatic hydroxyl groups is 1. The molecule has 10 amide bonds. The number of amides is 10. The number of carbonyl (C=O) groups excluding carboxylic acids is 10. The van der Waals surface area contributed by atoms with Gasteiger partial charge in [0.05, 0.1) is 19.1 Å². The highest BCUT2D eigenvalue weighted by Gasteiger charge is 2.36. The number of aliphatic hydroxyl groups excluding tert-OH is 1. The summed E-state index contributed by atoms with van der Waals surface area (Å²) in [5, 5.41) is 60.0. The summed E-state index contributed by atoms with van der Waals surface area (Å²) in [6.45, 7) is 8.32. The maximum Gasteiger partial charge on any atom is 0.305 e. The molecule has 0 aliphatic carbocycles. The highest BCUT2D eigenvalue weighted by Crippen LogP contribution is 2.11. The maximum absolute atomic E-state index is 13.9. The molecule has 79 heavy (non-hydrogen) atoms. The molecule has 0 aliphatic heterocycles. The van der Waals surface area contributed by atoms with Crippen molar-refractivity contribution in [1.82, 2.24) is 47.9 Å². The molecule has 0 heterocycles. The average molecular weight is 1120 g/mol. The second-order valence-corrected chi connectivity index (χ2v) is 19.4. The van der Waals surface area contributed by atoms with E-state index in [4.69, 9.17) is 17.2 Å². The summed E-state index contributed by atoms with van der Waals surface area (Å²) in [5.41, 5.74) is 17.0. The van der Waals surface area contributed by atoms with Gasteiger partial charge in [-0.2, -0.15) is 0 Å². The van der Waals surface area contributed by atoms with E-state index in [1.54, 1.807) is 44.2 Å². The van der Waals surface area contributed by atoms with Gasteiger partial charge in [-0.05, 0) is 62.8 Å². The van der Waals surface area contributed by atoms with Gasteiger partial charge in [0.25, 0.3) is 0 Å². The van der Waals surface area contributed by atoms with Crippen molar-refractivity contribution in [3.63, 3.8) is 0 Å². The highest BCUT2D eigenvalue weighted by molar-refractivity contribution is 5.99. The van der Waals surface area contributed by atoms with Crippen LogP contribution in [0.4, 0.5) is 0 Å². The van der Waals surface area contributed by atoms with Crippen molar-refractivity contribution < 1.29 is 82.8 Å². The van der Waals surface area contributed by atoms with Crippen LogP contribution >= 0.6 is 0 Å². The number of primary amides is 1. The Morgan fingerprint density at radius 3 is 1.43 bits per heavy atom. The Hall–Kier alpha value is -8.44. The molecule has 0 unspecified atom stereocenters. The summed E-state index contributed by atoms with van der Waals surface area (Å²) in [6.07, 6.45) is -5.67. The fourth-order valence-electron chi connectivity index (χ4n) is 7.50. The van der Waals surface area contributed by atoms with Gasteiger partial charge in [0, 0.05) is 32.7 Å². The second-order valence-electron chi connectivity index (χ2n) is 19.4. The van der Waals surface area contributed by atoms with Crippen molar-refractivity contribution in [2.75, 3.05) is 13.1 Å². The zero-order chi connectivity index (χ0) is 60.1. The zero-order valence-corrected chi connectivity index (χ0v) is 45.0. The maximum atomic E-state index is 13.9.